The van der Waals surface area contributed by atoms with E-state index in [1.807, 2.05) is 30.5 Å². The Bertz CT molecular complexity index is 1120. The molecule has 27 heavy (non-hydrogen) atoms. The van der Waals surface area contributed by atoms with Gasteiger partial charge in [-0.2, -0.15) is 4.99 Å². The van der Waals surface area contributed by atoms with Crippen LogP contribution >= 0.6 is 22.7 Å². The number of ether oxygens (including phenoxy) is 1. The van der Waals surface area contributed by atoms with E-state index in [1.165, 1.54) is 23.5 Å². The number of carbonyl (C=O) groups is 1. The maximum atomic E-state index is 12.3. The van der Waals surface area contributed by atoms with Gasteiger partial charge >= 0.3 is 5.00 Å². The second-order valence-electron chi connectivity index (χ2n) is 5.61. The molecule has 1 aromatic carbocycles. The van der Waals surface area contributed by atoms with Crippen LogP contribution in [0.15, 0.2) is 35.3 Å². The Morgan fingerprint density at radius 2 is 2.11 bits per heavy atom. The van der Waals surface area contributed by atoms with E-state index in [0.29, 0.717) is 16.2 Å². The van der Waals surface area contributed by atoms with Crippen molar-refractivity contribution in [2.45, 2.75) is 20.4 Å². The molecule has 0 aliphatic carbocycles. The van der Waals surface area contributed by atoms with Crippen LogP contribution < -0.4 is 9.54 Å². The third-order valence-electron chi connectivity index (χ3n) is 3.91. The predicted octanol–water partition coefficient (Wildman–Crippen LogP) is 4.15. The molecule has 1 amide bonds. The number of nitrogens with zero attached hydrogens (tertiary/aromatic N) is 3. The number of amides is 1. The van der Waals surface area contributed by atoms with Crippen LogP contribution in [-0.2, 0) is 11.3 Å². The number of nitro groups is 1. The summed E-state index contributed by atoms with van der Waals surface area (Å²) < 4.78 is 8.44. The molecule has 2 aromatic heterocycles. The molecule has 0 saturated heterocycles. The molecule has 0 unspecified atom stereocenters. The fraction of sp³-hybridized carbons (Fsp3) is 0.222. The minimum absolute atomic E-state index is 0.0370. The van der Waals surface area contributed by atoms with Crippen molar-refractivity contribution in [1.29, 1.82) is 0 Å². The summed E-state index contributed by atoms with van der Waals surface area (Å²) in [4.78, 5) is 28.0. The quantitative estimate of drug-likeness (QED) is 0.364. The number of hydrogen-bond donors (Lipinski definition) is 0. The maximum absolute atomic E-state index is 12.3. The Balaban J connectivity index is 1.99. The van der Waals surface area contributed by atoms with Gasteiger partial charge in [0.2, 0.25) is 0 Å². The molecular weight excluding hydrogens is 386 g/mol. The largest absolute Gasteiger partial charge is 0.495 e. The lowest BCUT2D eigenvalue weighted by Gasteiger charge is -2.07. The molecule has 3 aromatic rings. The Morgan fingerprint density at radius 1 is 1.33 bits per heavy atom. The third kappa shape index (κ3) is 3.83. The Labute approximate surface area is 163 Å². The van der Waals surface area contributed by atoms with E-state index < -0.39 is 10.8 Å². The van der Waals surface area contributed by atoms with E-state index in [4.69, 9.17) is 4.74 Å². The van der Waals surface area contributed by atoms with Crippen LogP contribution in [0.2, 0.25) is 0 Å². The van der Waals surface area contributed by atoms with Crippen molar-refractivity contribution >= 4 is 49.9 Å². The Hall–Kier alpha value is -2.78. The van der Waals surface area contributed by atoms with Crippen molar-refractivity contribution < 1.29 is 14.5 Å². The molecule has 0 saturated carbocycles. The molecule has 140 valence electrons. The molecule has 3 rings (SSSR count). The molecule has 0 fully saturated rings. The van der Waals surface area contributed by atoms with E-state index in [-0.39, 0.29) is 5.00 Å². The number of hydrogen-bond acceptors (Lipinski definition) is 6. The van der Waals surface area contributed by atoms with E-state index >= 15 is 0 Å². The smallest absolute Gasteiger partial charge is 0.324 e. The molecule has 0 bridgehead atoms. The van der Waals surface area contributed by atoms with Crippen molar-refractivity contribution in [3.05, 3.63) is 55.7 Å². The van der Waals surface area contributed by atoms with Crippen molar-refractivity contribution in [1.82, 2.24) is 4.57 Å². The minimum atomic E-state index is -0.453. The van der Waals surface area contributed by atoms with Gasteiger partial charge in [0.1, 0.15) is 11.3 Å². The first-order valence-corrected chi connectivity index (χ1v) is 9.75. The van der Waals surface area contributed by atoms with Gasteiger partial charge in [-0.1, -0.05) is 28.7 Å². The summed E-state index contributed by atoms with van der Waals surface area (Å²) in [6, 6.07) is 6.91. The number of thiazole rings is 1. The van der Waals surface area contributed by atoms with E-state index in [0.717, 1.165) is 32.9 Å². The van der Waals surface area contributed by atoms with Crippen LogP contribution in [-0.4, -0.2) is 22.5 Å². The number of carbonyl (C=O) groups excluding carboxylic acids is 1. The zero-order valence-corrected chi connectivity index (χ0v) is 16.6. The highest BCUT2D eigenvalue weighted by molar-refractivity contribution is 7.16. The standard InChI is InChI=1S/C18H17N3O4S2/c1-4-20-16-13(25-3)8-5-11(2)17(16)27-18(20)19-14(22)9-6-12-7-10-15(26-12)21(23)24/h5-10H,4H2,1-3H3. The summed E-state index contributed by atoms with van der Waals surface area (Å²) in [5.41, 5.74) is 2.02. The second kappa shape index (κ2) is 7.85. The van der Waals surface area contributed by atoms with Crippen LogP contribution in [0.5, 0.6) is 5.75 Å². The fourth-order valence-electron chi connectivity index (χ4n) is 2.64. The molecule has 0 N–H and O–H groups in total. The van der Waals surface area contributed by atoms with E-state index in [2.05, 4.69) is 4.99 Å². The van der Waals surface area contributed by atoms with Crippen LogP contribution in [0.3, 0.4) is 0 Å². The topological polar surface area (TPSA) is 86.7 Å². The normalized spacial score (nSPS) is 12.2. The first-order valence-electron chi connectivity index (χ1n) is 8.12. The van der Waals surface area contributed by atoms with Crippen molar-refractivity contribution in [3.8, 4) is 5.75 Å². The van der Waals surface area contributed by atoms with E-state index in [9.17, 15) is 14.9 Å². The Kier molecular flexibility index (Phi) is 5.52. The maximum Gasteiger partial charge on any atom is 0.324 e. The molecule has 0 aliphatic heterocycles. The van der Waals surface area contributed by atoms with Gasteiger partial charge in [-0.25, -0.2) is 0 Å². The average Bonchev–Trinajstić information content (AvgIpc) is 3.25. The Morgan fingerprint density at radius 3 is 2.74 bits per heavy atom. The number of aryl methyl sites for hydroxylation is 2. The van der Waals surface area contributed by atoms with Crippen molar-refractivity contribution in [2.24, 2.45) is 4.99 Å². The number of aromatic nitrogens is 1. The van der Waals surface area contributed by atoms with Gasteiger partial charge in [-0.3, -0.25) is 14.9 Å². The van der Waals surface area contributed by atoms with Gasteiger partial charge in [0, 0.05) is 23.6 Å². The van der Waals surface area contributed by atoms with Gasteiger partial charge in [0.15, 0.2) is 4.80 Å². The molecule has 0 radical (unpaired) electrons. The predicted molar refractivity (Wildman–Crippen MR) is 107 cm³/mol. The molecule has 9 heteroatoms. The number of rotatable bonds is 5. The van der Waals surface area contributed by atoms with Gasteiger partial charge < -0.3 is 9.30 Å². The van der Waals surface area contributed by atoms with Crippen LogP contribution in [0.25, 0.3) is 16.3 Å². The first kappa shape index (κ1) is 19.0. The number of methoxy groups -OCH3 is 1. The number of fused-ring (bicyclic) bond motifs is 1. The number of benzene rings is 1. The number of thiophene rings is 1. The summed E-state index contributed by atoms with van der Waals surface area (Å²) in [6.45, 7) is 4.64. The lowest BCUT2D eigenvalue weighted by Crippen LogP contribution is -2.15. The zero-order valence-electron chi connectivity index (χ0n) is 15.0. The van der Waals surface area contributed by atoms with Crippen molar-refractivity contribution in [2.75, 3.05) is 7.11 Å². The van der Waals surface area contributed by atoms with Crippen LogP contribution in [0, 0.1) is 17.0 Å². The third-order valence-corrected chi connectivity index (χ3v) is 6.13. The molecule has 0 spiro atoms. The van der Waals surface area contributed by atoms with Gasteiger partial charge in [-0.05, 0) is 37.6 Å². The molecular formula is C18H17N3O4S2. The second-order valence-corrected chi connectivity index (χ2v) is 7.68. The average molecular weight is 403 g/mol. The molecule has 2 heterocycles. The van der Waals surface area contributed by atoms with Crippen molar-refractivity contribution in [3.63, 3.8) is 0 Å². The zero-order chi connectivity index (χ0) is 19.6. The highest BCUT2D eigenvalue weighted by Crippen LogP contribution is 2.30. The fourth-order valence-corrected chi connectivity index (χ4v) is 4.55. The first-order chi connectivity index (χ1) is 12.9. The van der Waals surface area contributed by atoms with Gasteiger partial charge in [-0.15, -0.1) is 0 Å². The molecule has 7 nitrogen and oxygen atoms in total. The van der Waals surface area contributed by atoms with Crippen LogP contribution in [0.1, 0.15) is 17.4 Å². The SMILES string of the molecule is CCn1c(=NC(=O)C=Cc2ccc([N+](=O)[O-])s2)sc2c(C)ccc(OC)c21. The monoisotopic (exact) mass is 403 g/mol. The van der Waals surface area contributed by atoms with Gasteiger partial charge in [0.25, 0.3) is 5.91 Å². The highest BCUT2D eigenvalue weighted by atomic mass is 32.1. The molecule has 0 atom stereocenters. The van der Waals surface area contributed by atoms with E-state index in [1.54, 1.807) is 19.3 Å². The summed E-state index contributed by atoms with van der Waals surface area (Å²) in [7, 11) is 1.62. The lowest BCUT2D eigenvalue weighted by molar-refractivity contribution is -0.380. The summed E-state index contributed by atoms with van der Waals surface area (Å²) in [6.07, 6.45) is 2.86. The highest BCUT2D eigenvalue weighted by Gasteiger charge is 2.13. The lowest BCUT2D eigenvalue weighted by atomic mass is 10.2. The summed E-state index contributed by atoms with van der Waals surface area (Å²) in [5.74, 6) is 0.320. The van der Waals surface area contributed by atoms with Crippen LogP contribution in [0.4, 0.5) is 5.00 Å². The summed E-state index contributed by atoms with van der Waals surface area (Å²) in [5, 5.41) is 10.8. The minimum Gasteiger partial charge on any atom is -0.495 e. The summed E-state index contributed by atoms with van der Waals surface area (Å²) >= 11 is 2.45. The molecule has 0 aliphatic rings. The van der Waals surface area contributed by atoms with Gasteiger partial charge in [0.05, 0.1) is 16.7 Å².